The number of rotatable bonds is 4. The summed E-state index contributed by atoms with van der Waals surface area (Å²) in [4.78, 5) is 10.3. The van der Waals surface area contributed by atoms with Crippen LogP contribution in [-0.4, -0.2) is 32.5 Å². The molecule has 1 heterocycles. The third-order valence-electron chi connectivity index (χ3n) is 3.81. The molecule has 0 spiro atoms. The van der Waals surface area contributed by atoms with Gasteiger partial charge in [-0.15, -0.1) is 0 Å². The van der Waals surface area contributed by atoms with Crippen LogP contribution in [-0.2, 0) is 10.0 Å². The molecule has 1 aliphatic heterocycles. The van der Waals surface area contributed by atoms with Crippen LogP contribution in [0, 0.1) is 23.0 Å². The Hall–Kier alpha value is -1.51. The molecule has 2 N–H and O–H groups in total. The van der Waals surface area contributed by atoms with Gasteiger partial charge in [-0.05, 0) is 37.9 Å². The average Bonchev–Trinajstić information content (AvgIpc) is 2.40. The Morgan fingerprint density at radius 2 is 2.14 bits per heavy atom. The van der Waals surface area contributed by atoms with Crippen molar-refractivity contribution < 1.29 is 13.3 Å². The van der Waals surface area contributed by atoms with Crippen molar-refractivity contribution in [2.24, 2.45) is 5.92 Å². The van der Waals surface area contributed by atoms with Gasteiger partial charge in [0.1, 0.15) is 0 Å². The second-order valence-electron chi connectivity index (χ2n) is 5.40. The smallest absolute Gasteiger partial charge is 0.272 e. The molecule has 0 amide bonds. The maximum atomic E-state index is 12.4. The van der Waals surface area contributed by atoms with E-state index in [2.05, 4.69) is 10.0 Å². The first-order valence-corrected chi connectivity index (χ1v) is 8.27. The number of hydrogen-bond donors (Lipinski definition) is 2. The molecule has 116 valence electrons. The van der Waals surface area contributed by atoms with Crippen LogP contribution in [0.25, 0.3) is 0 Å². The van der Waals surface area contributed by atoms with E-state index in [0.717, 1.165) is 13.0 Å². The van der Waals surface area contributed by atoms with Crippen molar-refractivity contribution in [2.45, 2.75) is 31.2 Å². The first-order valence-electron chi connectivity index (χ1n) is 6.79. The minimum atomic E-state index is -3.67. The molecule has 0 aliphatic carbocycles. The van der Waals surface area contributed by atoms with Crippen molar-refractivity contribution in [3.63, 3.8) is 0 Å². The van der Waals surface area contributed by atoms with Gasteiger partial charge in [0.2, 0.25) is 10.0 Å². The van der Waals surface area contributed by atoms with E-state index in [1.165, 1.54) is 25.1 Å². The van der Waals surface area contributed by atoms with Gasteiger partial charge in [0.15, 0.2) is 0 Å². The highest BCUT2D eigenvalue weighted by atomic mass is 32.2. The standard InChI is InChI=1S/C13H19N3O4S/c1-9-5-6-14-8-12(9)15-21(19,20)11-3-4-13(16(17)18)10(2)7-11/h3-4,7,9,12,14-15H,5-6,8H2,1-2H3. The number of hydrogen-bond acceptors (Lipinski definition) is 5. The number of piperidine rings is 1. The third kappa shape index (κ3) is 3.58. The van der Waals surface area contributed by atoms with E-state index in [-0.39, 0.29) is 22.5 Å². The maximum Gasteiger partial charge on any atom is 0.272 e. The summed E-state index contributed by atoms with van der Waals surface area (Å²) in [6, 6.07) is 3.67. The van der Waals surface area contributed by atoms with Crippen molar-refractivity contribution in [3.8, 4) is 0 Å². The van der Waals surface area contributed by atoms with E-state index in [1.54, 1.807) is 0 Å². The molecule has 1 aromatic carbocycles. The van der Waals surface area contributed by atoms with Crippen molar-refractivity contribution in [3.05, 3.63) is 33.9 Å². The van der Waals surface area contributed by atoms with Gasteiger partial charge in [0.05, 0.1) is 9.82 Å². The molecule has 1 fully saturated rings. The molecule has 2 rings (SSSR count). The van der Waals surface area contributed by atoms with Crippen molar-refractivity contribution in [1.82, 2.24) is 10.0 Å². The molecule has 0 radical (unpaired) electrons. The van der Waals surface area contributed by atoms with Gasteiger partial charge in [-0.1, -0.05) is 6.92 Å². The lowest BCUT2D eigenvalue weighted by atomic mass is 9.96. The number of nitro benzene ring substituents is 1. The molecule has 0 bridgehead atoms. The summed E-state index contributed by atoms with van der Waals surface area (Å²) in [5.74, 6) is 0.250. The number of aryl methyl sites for hydroxylation is 1. The lowest BCUT2D eigenvalue weighted by Gasteiger charge is -2.30. The third-order valence-corrected chi connectivity index (χ3v) is 5.30. The minimum Gasteiger partial charge on any atom is -0.315 e. The summed E-state index contributed by atoms with van der Waals surface area (Å²) >= 11 is 0. The zero-order chi connectivity index (χ0) is 15.6. The SMILES string of the molecule is Cc1cc(S(=O)(=O)NC2CNCCC2C)ccc1[N+](=O)[O-]. The van der Waals surface area contributed by atoms with Crippen LogP contribution in [0.4, 0.5) is 5.69 Å². The molecule has 7 nitrogen and oxygen atoms in total. The fourth-order valence-electron chi connectivity index (χ4n) is 2.41. The topological polar surface area (TPSA) is 101 Å². The normalized spacial score (nSPS) is 23.0. The fraction of sp³-hybridized carbons (Fsp3) is 0.538. The predicted octanol–water partition coefficient (Wildman–Crippen LogP) is 1.18. The Balaban J connectivity index is 2.23. The van der Waals surface area contributed by atoms with Crippen molar-refractivity contribution in [2.75, 3.05) is 13.1 Å². The summed E-state index contributed by atoms with van der Waals surface area (Å²) in [6.45, 7) is 5.01. The first kappa shape index (κ1) is 15.9. The molecule has 8 heteroatoms. The summed E-state index contributed by atoms with van der Waals surface area (Å²) < 4.78 is 27.4. The van der Waals surface area contributed by atoms with Crippen LogP contribution >= 0.6 is 0 Å². The van der Waals surface area contributed by atoms with E-state index in [9.17, 15) is 18.5 Å². The van der Waals surface area contributed by atoms with Crippen LogP contribution in [0.2, 0.25) is 0 Å². The Labute approximate surface area is 123 Å². The number of nitro groups is 1. The van der Waals surface area contributed by atoms with Crippen LogP contribution in [0.1, 0.15) is 18.9 Å². The number of nitrogens with one attached hydrogen (secondary N) is 2. The van der Waals surface area contributed by atoms with Gasteiger partial charge in [0, 0.05) is 24.2 Å². The number of sulfonamides is 1. The highest BCUT2D eigenvalue weighted by Gasteiger charge is 2.27. The average molecular weight is 313 g/mol. The molecule has 21 heavy (non-hydrogen) atoms. The second-order valence-corrected chi connectivity index (χ2v) is 7.12. The van der Waals surface area contributed by atoms with Gasteiger partial charge < -0.3 is 5.32 Å². The van der Waals surface area contributed by atoms with Gasteiger partial charge >= 0.3 is 0 Å². The summed E-state index contributed by atoms with van der Waals surface area (Å²) in [5, 5.41) is 13.9. The van der Waals surface area contributed by atoms with E-state index in [4.69, 9.17) is 0 Å². The van der Waals surface area contributed by atoms with Crippen LogP contribution in [0.15, 0.2) is 23.1 Å². The lowest BCUT2D eigenvalue weighted by Crippen LogP contribution is -2.50. The molecule has 1 aromatic rings. The van der Waals surface area contributed by atoms with Crippen LogP contribution in [0.3, 0.4) is 0 Å². The molecule has 0 saturated carbocycles. The first-order chi connectivity index (χ1) is 9.81. The van der Waals surface area contributed by atoms with Crippen LogP contribution in [0.5, 0.6) is 0 Å². The van der Waals surface area contributed by atoms with Gasteiger partial charge in [-0.2, -0.15) is 0 Å². The van der Waals surface area contributed by atoms with E-state index < -0.39 is 14.9 Å². The Kier molecular flexibility index (Phi) is 4.60. The highest BCUT2D eigenvalue weighted by Crippen LogP contribution is 2.22. The zero-order valence-electron chi connectivity index (χ0n) is 12.0. The minimum absolute atomic E-state index is 0.0587. The predicted molar refractivity (Wildman–Crippen MR) is 78.6 cm³/mol. The zero-order valence-corrected chi connectivity index (χ0v) is 12.8. The fourth-order valence-corrected chi connectivity index (χ4v) is 3.84. The molecule has 1 saturated heterocycles. The van der Waals surface area contributed by atoms with E-state index in [1.807, 2.05) is 6.92 Å². The lowest BCUT2D eigenvalue weighted by molar-refractivity contribution is -0.385. The molecular weight excluding hydrogens is 294 g/mol. The van der Waals surface area contributed by atoms with Crippen molar-refractivity contribution in [1.29, 1.82) is 0 Å². The summed E-state index contributed by atoms with van der Waals surface area (Å²) in [7, 11) is -3.67. The quantitative estimate of drug-likeness (QED) is 0.642. The van der Waals surface area contributed by atoms with E-state index in [0.29, 0.717) is 12.1 Å². The monoisotopic (exact) mass is 313 g/mol. The maximum absolute atomic E-state index is 12.4. The summed E-state index contributed by atoms with van der Waals surface area (Å²) in [5.41, 5.74) is 0.249. The molecule has 2 atom stereocenters. The molecule has 0 aromatic heterocycles. The van der Waals surface area contributed by atoms with E-state index >= 15 is 0 Å². The summed E-state index contributed by atoms with van der Waals surface area (Å²) in [6.07, 6.45) is 0.909. The molecule has 1 aliphatic rings. The largest absolute Gasteiger partial charge is 0.315 e. The molecule has 2 unspecified atom stereocenters. The van der Waals surface area contributed by atoms with Gasteiger partial charge in [-0.25, -0.2) is 13.1 Å². The van der Waals surface area contributed by atoms with Gasteiger partial charge in [0.25, 0.3) is 5.69 Å². The highest BCUT2D eigenvalue weighted by molar-refractivity contribution is 7.89. The Bertz CT molecular complexity index is 645. The number of nitrogens with zero attached hydrogens (tertiary/aromatic N) is 1. The molecular formula is C13H19N3O4S. The second kappa shape index (κ2) is 6.08. The number of benzene rings is 1. The van der Waals surface area contributed by atoms with Crippen molar-refractivity contribution >= 4 is 15.7 Å². The van der Waals surface area contributed by atoms with Crippen LogP contribution < -0.4 is 10.0 Å². The Morgan fingerprint density at radius 3 is 2.71 bits per heavy atom. The van der Waals surface area contributed by atoms with Gasteiger partial charge in [-0.3, -0.25) is 10.1 Å². The Morgan fingerprint density at radius 1 is 1.43 bits per heavy atom.